The first kappa shape index (κ1) is 16.1. The van der Waals surface area contributed by atoms with Crippen LogP contribution in [0.5, 0.6) is 0 Å². The van der Waals surface area contributed by atoms with Gasteiger partial charge in [0.1, 0.15) is 11.9 Å². The van der Waals surface area contributed by atoms with Gasteiger partial charge in [-0.25, -0.2) is 9.18 Å². The fourth-order valence-corrected chi connectivity index (χ4v) is 1.68. The van der Waals surface area contributed by atoms with E-state index in [4.69, 9.17) is 5.11 Å². The molecule has 0 bridgehead atoms. The average Bonchev–Trinajstić information content (AvgIpc) is 2.37. The van der Waals surface area contributed by atoms with Crippen molar-refractivity contribution in [2.75, 3.05) is 6.61 Å². The average molecular weight is 286 g/mol. The van der Waals surface area contributed by atoms with E-state index in [-0.39, 0.29) is 17.7 Å². The molecular formula is C13H15FO6. The summed E-state index contributed by atoms with van der Waals surface area (Å²) in [7, 11) is 0. The molecule has 0 aliphatic rings. The first-order valence-electron chi connectivity index (χ1n) is 5.91. The SMILES string of the molecule is CCOC(=O)CC(O)C(O)c1cc(F)ccc1C(=O)O. The Hall–Kier alpha value is -1.99. The number of aromatic carboxylic acids is 1. The number of benzene rings is 1. The molecule has 0 spiro atoms. The van der Waals surface area contributed by atoms with Gasteiger partial charge in [-0.15, -0.1) is 0 Å². The molecule has 3 N–H and O–H groups in total. The zero-order valence-electron chi connectivity index (χ0n) is 10.7. The second-order valence-electron chi connectivity index (χ2n) is 4.06. The predicted octanol–water partition coefficient (Wildman–Crippen LogP) is 0.871. The van der Waals surface area contributed by atoms with Crippen molar-refractivity contribution in [3.8, 4) is 0 Å². The van der Waals surface area contributed by atoms with Crippen LogP contribution < -0.4 is 0 Å². The lowest BCUT2D eigenvalue weighted by Gasteiger charge is -2.19. The molecule has 0 fully saturated rings. The zero-order valence-corrected chi connectivity index (χ0v) is 10.7. The molecule has 1 aromatic rings. The third kappa shape index (κ3) is 4.01. The minimum Gasteiger partial charge on any atom is -0.478 e. The molecule has 0 aromatic heterocycles. The molecule has 1 aromatic carbocycles. The molecule has 0 radical (unpaired) electrons. The van der Waals surface area contributed by atoms with Crippen LogP contribution in [0.2, 0.25) is 0 Å². The number of carboxylic acids is 1. The quantitative estimate of drug-likeness (QED) is 0.670. The predicted molar refractivity (Wildman–Crippen MR) is 65.6 cm³/mol. The minimum atomic E-state index is -1.71. The maximum atomic E-state index is 13.1. The molecule has 0 saturated carbocycles. The van der Waals surface area contributed by atoms with Gasteiger partial charge < -0.3 is 20.1 Å². The Morgan fingerprint density at radius 3 is 2.55 bits per heavy atom. The van der Waals surface area contributed by atoms with Crippen molar-refractivity contribution < 1.29 is 34.0 Å². The Labute approximate surface area is 114 Å². The molecule has 7 heteroatoms. The summed E-state index contributed by atoms with van der Waals surface area (Å²) < 4.78 is 17.7. The number of esters is 1. The summed E-state index contributed by atoms with van der Waals surface area (Å²) in [5.74, 6) is -2.87. The smallest absolute Gasteiger partial charge is 0.336 e. The van der Waals surface area contributed by atoms with Gasteiger partial charge in [-0.3, -0.25) is 4.79 Å². The molecule has 2 atom stereocenters. The lowest BCUT2D eigenvalue weighted by Crippen LogP contribution is -2.24. The highest BCUT2D eigenvalue weighted by Gasteiger charge is 2.26. The fraction of sp³-hybridized carbons (Fsp3) is 0.385. The van der Waals surface area contributed by atoms with Crippen molar-refractivity contribution >= 4 is 11.9 Å². The normalized spacial score (nSPS) is 13.6. The molecule has 2 unspecified atom stereocenters. The summed E-state index contributed by atoms with van der Waals surface area (Å²) in [6.45, 7) is 1.69. The summed E-state index contributed by atoms with van der Waals surface area (Å²) >= 11 is 0. The number of carbonyl (C=O) groups excluding carboxylic acids is 1. The van der Waals surface area contributed by atoms with E-state index in [2.05, 4.69) is 4.74 Å². The van der Waals surface area contributed by atoms with Crippen LogP contribution >= 0.6 is 0 Å². The molecular weight excluding hydrogens is 271 g/mol. The van der Waals surface area contributed by atoms with Gasteiger partial charge in [0.2, 0.25) is 0 Å². The second-order valence-corrected chi connectivity index (χ2v) is 4.06. The highest BCUT2D eigenvalue weighted by atomic mass is 19.1. The standard InChI is InChI=1S/C13H15FO6/c1-2-20-11(16)6-10(15)12(17)9-5-7(14)3-4-8(9)13(18)19/h3-5,10,12,15,17H,2,6H2,1H3,(H,18,19). The summed E-state index contributed by atoms with van der Waals surface area (Å²) in [5, 5.41) is 28.5. The van der Waals surface area contributed by atoms with E-state index in [1.165, 1.54) is 0 Å². The topological polar surface area (TPSA) is 104 Å². The van der Waals surface area contributed by atoms with E-state index in [1.54, 1.807) is 6.92 Å². The van der Waals surface area contributed by atoms with E-state index in [0.29, 0.717) is 0 Å². The summed E-state index contributed by atoms with van der Waals surface area (Å²) in [6, 6.07) is 2.72. The van der Waals surface area contributed by atoms with Crippen molar-refractivity contribution in [1.82, 2.24) is 0 Å². The molecule has 0 aliphatic carbocycles. The number of ether oxygens (including phenoxy) is 1. The third-order valence-electron chi connectivity index (χ3n) is 2.61. The highest BCUT2D eigenvalue weighted by molar-refractivity contribution is 5.89. The molecule has 20 heavy (non-hydrogen) atoms. The number of carbonyl (C=O) groups is 2. The Kier molecular flexibility index (Phi) is 5.60. The van der Waals surface area contributed by atoms with Crippen LogP contribution in [0.15, 0.2) is 18.2 Å². The summed E-state index contributed by atoms with van der Waals surface area (Å²) in [6.07, 6.45) is -3.82. The highest BCUT2D eigenvalue weighted by Crippen LogP contribution is 2.24. The number of rotatable bonds is 6. The maximum Gasteiger partial charge on any atom is 0.336 e. The molecule has 6 nitrogen and oxygen atoms in total. The number of aliphatic hydroxyl groups excluding tert-OH is 2. The molecule has 0 aliphatic heterocycles. The Morgan fingerprint density at radius 2 is 2.00 bits per heavy atom. The van der Waals surface area contributed by atoms with Gasteiger partial charge >= 0.3 is 11.9 Å². The van der Waals surface area contributed by atoms with E-state index in [9.17, 15) is 24.2 Å². The summed E-state index contributed by atoms with van der Waals surface area (Å²) in [5.41, 5.74) is -0.642. The van der Waals surface area contributed by atoms with Crippen molar-refractivity contribution in [2.24, 2.45) is 0 Å². The monoisotopic (exact) mass is 286 g/mol. The van der Waals surface area contributed by atoms with Crippen LogP contribution in [0.25, 0.3) is 0 Å². The Balaban J connectivity index is 2.95. The minimum absolute atomic E-state index is 0.113. The number of aliphatic hydroxyl groups is 2. The van der Waals surface area contributed by atoms with Gasteiger partial charge in [-0.1, -0.05) is 0 Å². The number of carboxylic acid groups (broad SMARTS) is 1. The molecule has 1 rings (SSSR count). The first-order chi connectivity index (χ1) is 9.36. The van der Waals surface area contributed by atoms with Crippen molar-refractivity contribution in [3.63, 3.8) is 0 Å². The van der Waals surface area contributed by atoms with Gasteiger partial charge in [-0.2, -0.15) is 0 Å². The van der Waals surface area contributed by atoms with Crippen LogP contribution in [0, 0.1) is 5.82 Å². The lowest BCUT2D eigenvalue weighted by molar-refractivity contribution is -0.147. The van der Waals surface area contributed by atoms with Crippen LogP contribution in [0.3, 0.4) is 0 Å². The molecule has 0 heterocycles. The van der Waals surface area contributed by atoms with Gasteiger partial charge in [0.05, 0.1) is 24.7 Å². The molecule has 110 valence electrons. The van der Waals surface area contributed by atoms with Crippen LogP contribution in [0.4, 0.5) is 4.39 Å². The van der Waals surface area contributed by atoms with Gasteiger partial charge in [-0.05, 0) is 25.1 Å². The van der Waals surface area contributed by atoms with E-state index in [0.717, 1.165) is 18.2 Å². The Morgan fingerprint density at radius 1 is 1.35 bits per heavy atom. The van der Waals surface area contributed by atoms with Gasteiger partial charge in [0, 0.05) is 5.56 Å². The molecule has 0 amide bonds. The molecule has 0 saturated heterocycles. The first-order valence-corrected chi connectivity index (χ1v) is 5.91. The fourth-order valence-electron chi connectivity index (χ4n) is 1.68. The Bertz CT molecular complexity index is 502. The van der Waals surface area contributed by atoms with Crippen LogP contribution in [-0.4, -0.2) is 40.0 Å². The lowest BCUT2D eigenvalue weighted by atomic mass is 9.97. The summed E-state index contributed by atoms with van der Waals surface area (Å²) in [4.78, 5) is 22.2. The van der Waals surface area contributed by atoms with Gasteiger partial charge in [0.25, 0.3) is 0 Å². The van der Waals surface area contributed by atoms with E-state index < -0.39 is 36.4 Å². The zero-order chi connectivity index (χ0) is 15.3. The van der Waals surface area contributed by atoms with Gasteiger partial charge in [0.15, 0.2) is 0 Å². The maximum absolute atomic E-state index is 13.1. The van der Waals surface area contributed by atoms with E-state index >= 15 is 0 Å². The van der Waals surface area contributed by atoms with Crippen LogP contribution in [0.1, 0.15) is 35.4 Å². The second kappa shape index (κ2) is 6.97. The van der Waals surface area contributed by atoms with E-state index in [1.807, 2.05) is 0 Å². The largest absolute Gasteiger partial charge is 0.478 e. The number of halogens is 1. The van der Waals surface area contributed by atoms with Crippen molar-refractivity contribution in [3.05, 3.63) is 35.1 Å². The van der Waals surface area contributed by atoms with Crippen molar-refractivity contribution in [1.29, 1.82) is 0 Å². The number of hydrogen-bond donors (Lipinski definition) is 3. The van der Waals surface area contributed by atoms with Crippen LogP contribution in [-0.2, 0) is 9.53 Å². The number of hydrogen-bond acceptors (Lipinski definition) is 5. The van der Waals surface area contributed by atoms with Crippen molar-refractivity contribution in [2.45, 2.75) is 25.6 Å². The third-order valence-corrected chi connectivity index (χ3v) is 2.61.